The average Bonchev–Trinajstić information content (AvgIpc) is 3.21. The van der Waals surface area contributed by atoms with E-state index in [9.17, 15) is 13.2 Å². The number of piperidine rings is 1. The Morgan fingerprint density at radius 1 is 1.29 bits per heavy atom. The first-order valence-electron chi connectivity index (χ1n) is 12.7. The molecule has 3 rings (SSSR count). The van der Waals surface area contributed by atoms with Crippen molar-refractivity contribution in [3.63, 3.8) is 0 Å². The number of carbonyl (C=O) groups is 1. The molecule has 1 unspecified atom stereocenters. The van der Waals surface area contributed by atoms with E-state index in [1.807, 2.05) is 27.7 Å². The highest BCUT2D eigenvalue weighted by Gasteiger charge is 2.38. The Bertz CT molecular complexity index is 1260. The first-order chi connectivity index (χ1) is 17.7. The lowest BCUT2D eigenvalue weighted by Crippen LogP contribution is -2.45. The van der Waals surface area contributed by atoms with Gasteiger partial charge in [0.2, 0.25) is 0 Å². The van der Waals surface area contributed by atoms with Crippen LogP contribution in [0.1, 0.15) is 70.5 Å². The van der Waals surface area contributed by atoms with E-state index in [4.69, 9.17) is 23.4 Å². The highest BCUT2D eigenvalue weighted by atomic mass is 32.2. The van der Waals surface area contributed by atoms with Gasteiger partial charge in [-0.2, -0.15) is 18.0 Å². The van der Waals surface area contributed by atoms with Gasteiger partial charge in [0.05, 0.1) is 41.9 Å². The largest absolute Gasteiger partial charge is 0.464 e. The summed E-state index contributed by atoms with van der Waals surface area (Å²) in [6.07, 6.45) is 3.15. The Morgan fingerprint density at radius 3 is 2.50 bits per heavy atom. The molecule has 0 aliphatic carbocycles. The maximum absolute atomic E-state index is 13.2. The smallest absolute Gasteiger partial charge is 0.340 e. The predicted octanol–water partition coefficient (Wildman–Crippen LogP) is 3.49. The van der Waals surface area contributed by atoms with Gasteiger partial charge in [-0.05, 0) is 54.4 Å². The van der Waals surface area contributed by atoms with Crippen molar-refractivity contribution in [2.24, 2.45) is 0 Å². The number of fused-ring (bicyclic) bond motifs is 1. The first-order valence-corrected chi connectivity index (χ1v) is 14.6. The molecule has 11 nitrogen and oxygen atoms in total. The zero-order chi connectivity index (χ0) is 28.3. The highest BCUT2D eigenvalue weighted by molar-refractivity contribution is 7.85. The van der Waals surface area contributed by atoms with Crippen LogP contribution in [0.3, 0.4) is 0 Å². The van der Waals surface area contributed by atoms with Crippen molar-refractivity contribution >= 4 is 27.6 Å². The summed E-state index contributed by atoms with van der Waals surface area (Å²) in [5, 5.41) is 4.63. The van der Waals surface area contributed by atoms with Crippen LogP contribution in [0.25, 0.3) is 5.65 Å². The van der Waals surface area contributed by atoms with Crippen molar-refractivity contribution in [2.75, 3.05) is 37.5 Å². The third-order valence-electron chi connectivity index (χ3n) is 6.18. The number of aryl methyl sites for hydroxylation is 1. The summed E-state index contributed by atoms with van der Waals surface area (Å²) in [7, 11) is -3.66. The van der Waals surface area contributed by atoms with Crippen LogP contribution in [-0.2, 0) is 39.9 Å². The molecule has 38 heavy (non-hydrogen) atoms. The Labute approximate surface area is 225 Å². The molecular weight excluding hydrogens is 512 g/mol. The molecule has 1 atom stereocenters. The summed E-state index contributed by atoms with van der Waals surface area (Å²) in [5.74, 6) is 0.128. The maximum atomic E-state index is 13.2. The summed E-state index contributed by atoms with van der Waals surface area (Å²) in [4.78, 5) is 20.1. The van der Waals surface area contributed by atoms with E-state index in [1.54, 1.807) is 23.6 Å². The third-order valence-corrected chi connectivity index (χ3v) is 6.73. The topological polar surface area (TPSA) is 122 Å². The molecule has 212 valence electrons. The zero-order valence-electron chi connectivity index (χ0n) is 23.4. The maximum Gasteiger partial charge on any atom is 0.340 e. The number of rotatable bonds is 11. The molecule has 0 amide bonds. The van der Waals surface area contributed by atoms with E-state index < -0.39 is 27.8 Å². The van der Waals surface area contributed by atoms with Crippen LogP contribution in [0, 0.1) is 6.92 Å². The van der Waals surface area contributed by atoms with Crippen LogP contribution in [0.15, 0.2) is 18.7 Å². The minimum Gasteiger partial charge on any atom is -0.464 e. The number of aromatic nitrogens is 3. The molecule has 2 aromatic rings. The molecule has 1 fully saturated rings. The molecule has 12 heteroatoms. The van der Waals surface area contributed by atoms with Crippen LogP contribution >= 0.6 is 0 Å². The number of esters is 1. The Balaban J connectivity index is 2.16. The second-order valence-corrected chi connectivity index (χ2v) is 12.3. The number of carbonyl (C=O) groups excluding carboxylic acids is 1. The highest BCUT2D eigenvalue weighted by Crippen LogP contribution is 2.38. The lowest BCUT2D eigenvalue weighted by molar-refractivity contribution is -0.166. The molecule has 1 saturated heterocycles. The number of anilines is 1. The molecular formula is C26H40N4O7S. The number of hydrogen-bond acceptors (Lipinski definition) is 10. The summed E-state index contributed by atoms with van der Waals surface area (Å²) >= 11 is 0. The molecule has 1 aliphatic heterocycles. The Morgan fingerprint density at radius 2 is 1.95 bits per heavy atom. The number of ether oxygens (including phenoxy) is 3. The van der Waals surface area contributed by atoms with Crippen LogP contribution in [0.4, 0.5) is 5.82 Å². The van der Waals surface area contributed by atoms with Crippen molar-refractivity contribution in [3.8, 4) is 0 Å². The van der Waals surface area contributed by atoms with E-state index in [0.717, 1.165) is 19.1 Å². The third kappa shape index (κ3) is 7.52. The van der Waals surface area contributed by atoms with Crippen molar-refractivity contribution in [2.45, 2.75) is 78.3 Å². The standard InChI is InChI=1S/C26H40N4O7S/c1-9-15-35-26(7)11-13-29(14-12-26)23-21(22(24(31)34-10-2)37-25(4,5)6)18(3)27-20-16-19(28-30(20)23)17-36-38(8,32)33/h9,16,22H,1,10-15,17H2,2-8H3. The minimum absolute atomic E-state index is 0.199. The summed E-state index contributed by atoms with van der Waals surface area (Å²) in [6.45, 7) is 16.7. The van der Waals surface area contributed by atoms with Gasteiger partial charge in [-0.3, -0.25) is 4.18 Å². The van der Waals surface area contributed by atoms with Gasteiger partial charge in [-0.15, -0.1) is 6.58 Å². The molecule has 0 saturated carbocycles. The van der Waals surface area contributed by atoms with Gasteiger partial charge < -0.3 is 19.1 Å². The Kier molecular flexibility index (Phi) is 9.23. The quantitative estimate of drug-likeness (QED) is 0.233. The van der Waals surface area contributed by atoms with Crippen molar-refractivity contribution in [1.29, 1.82) is 0 Å². The SMILES string of the molecule is C=CCOC1(C)CCN(c2c(C(OC(C)(C)C)C(=O)OCC)c(C)nc3cc(COS(C)(=O)=O)nn23)CC1. The van der Waals surface area contributed by atoms with Gasteiger partial charge in [0.25, 0.3) is 10.1 Å². The van der Waals surface area contributed by atoms with Crippen molar-refractivity contribution in [1.82, 2.24) is 14.6 Å². The predicted molar refractivity (Wildman–Crippen MR) is 144 cm³/mol. The van der Waals surface area contributed by atoms with Crippen LogP contribution in [0.5, 0.6) is 0 Å². The lowest BCUT2D eigenvalue weighted by Gasteiger charge is -2.41. The number of hydrogen-bond donors (Lipinski definition) is 0. The van der Waals surface area contributed by atoms with Crippen LogP contribution < -0.4 is 4.90 Å². The van der Waals surface area contributed by atoms with Gasteiger partial charge in [0.1, 0.15) is 12.4 Å². The van der Waals surface area contributed by atoms with E-state index >= 15 is 0 Å². The zero-order valence-corrected chi connectivity index (χ0v) is 24.3. The lowest BCUT2D eigenvalue weighted by atomic mass is 9.92. The monoisotopic (exact) mass is 552 g/mol. The van der Waals surface area contributed by atoms with Gasteiger partial charge >= 0.3 is 5.97 Å². The molecule has 0 spiro atoms. The van der Waals surface area contributed by atoms with E-state index in [1.165, 1.54) is 0 Å². The molecule has 0 bridgehead atoms. The second-order valence-electron chi connectivity index (χ2n) is 10.7. The first kappa shape index (κ1) is 30.0. The Hall–Kier alpha value is -2.54. The van der Waals surface area contributed by atoms with Crippen molar-refractivity contribution in [3.05, 3.63) is 35.7 Å². The average molecular weight is 553 g/mol. The second kappa shape index (κ2) is 11.7. The van der Waals surface area contributed by atoms with Crippen molar-refractivity contribution < 1.29 is 31.6 Å². The normalized spacial score (nSPS) is 17.0. The fraction of sp³-hybridized carbons (Fsp3) is 0.654. The molecule has 0 aromatic carbocycles. The summed E-state index contributed by atoms with van der Waals surface area (Å²) in [5.41, 5.74) is 1.06. The summed E-state index contributed by atoms with van der Waals surface area (Å²) in [6, 6.07) is 1.68. The van der Waals surface area contributed by atoms with Crippen LogP contribution in [0.2, 0.25) is 0 Å². The molecule has 2 aromatic heterocycles. The van der Waals surface area contributed by atoms with E-state index in [2.05, 4.69) is 23.5 Å². The minimum atomic E-state index is -3.66. The molecule has 0 N–H and O–H groups in total. The van der Waals surface area contributed by atoms with E-state index in [-0.39, 0.29) is 18.8 Å². The number of nitrogens with zero attached hydrogens (tertiary/aromatic N) is 4. The van der Waals surface area contributed by atoms with Crippen LogP contribution in [-0.4, -0.2) is 72.7 Å². The van der Waals surface area contributed by atoms with E-state index in [0.29, 0.717) is 48.1 Å². The van der Waals surface area contributed by atoms with Gasteiger partial charge in [0.15, 0.2) is 11.8 Å². The summed E-state index contributed by atoms with van der Waals surface area (Å²) < 4.78 is 47.5. The molecule has 1 aliphatic rings. The fourth-order valence-corrected chi connectivity index (χ4v) is 4.74. The molecule has 3 heterocycles. The molecule has 0 radical (unpaired) electrons. The van der Waals surface area contributed by atoms with Gasteiger partial charge in [-0.1, -0.05) is 6.08 Å². The van der Waals surface area contributed by atoms with Gasteiger partial charge in [-0.25, -0.2) is 9.78 Å². The van der Waals surface area contributed by atoms with Gasteiger partial charge in [0, 0.05) is 24.8 Å². The fourth-order valence-electron chi connectivity index (χ4n) is 4.40.